The summed E-state index contributed by atoms with van der Waals surface area (Å²) in [4.78, 5) is 25.3. The third-order valence-corrected chi connectivity index (χ3v) is 4.39. The Bertz CT molecular complexity index is 823. The van der Waals surface area contributed by atoms with Crippen LogP contribution in [0.3, 0.4) is 0 Å². The highest BCUT2D eigenvalue weighted by molar-refractivity contribution is 5.99. The van der Waals surface area contributed by atoms with Crippen LogP contribution in [0.1, 0.15) is 21.5 Å². The van der Waals surface area contributed by atoms with Crippen molar-refractivity contribution in [2.24, 2.45) is 5.73 Å². The maximum absolute atomic E-state index is 12.9. The van der Waals surface area contributed by atoms with E-state index in [-0.39, 0.29) is 18.3 Å². The van der Waals surface area contributed by atoms with Crippen LogP contribution in [0.25, 0.3) is 0 Å². The number of fused-ring (bicyclic) bond motifs is 1. The smallest absolute Gasteiger partial charge is 0.254 e. The number of rotatable bonds is 6. The summed E-state index contributed by atoms with van der Waals surface area (Å²) in [6, 6.07) is 10.1. The number of carbonyl (C=O) groups is 2. The summed E-state index contributed by atoms with van der Waals surface area (Å²) in [5.41, 5.74) is 7.36. The SMILES string of the molecule is NC(=O)[C@@H](CO)N1CCc2cc(OCc3ccc(F)cc3)ccc2C1=O. The molecule has 3 rings (SSSR count). The summed E-state index contributed by atoms with van der Waals surface area (Å²) in [5, 5.41) is 9.32. The molecule has 6 nitrogen and oxygen atoms in total. The molecule has 0 aliphatic carbocycles. The van der Waals surface area contributed by atoms with Crippen molar-refractivity contribution in [3.8, 4) is 5.75 Å². The lowest BCUT2D eigenvalue weighted by Crippen LogP contribution is -2.52. The van der Waals surface area contributed by atoms with Gasteiger partial charge < -0.3 is 20.5 Å². The minimum atomic E-state index is -1.02. The maximum atomic E-state index is 12.9. The average Bonchev–Trinajstić information content (AvgIpc) is 2.63. The summed E-state index contributed by atoms with van der Waals surface area (Å²) < 4.78 is 18.6. The van der Waals surface area contributed by atoms with Crippen molar-refractivity contribution in [3.05, 3.63) is 65.0 Å². The average molecular weight is 358 g/mol. The number of aliphatic hydroxyl groups excluding tert-OH is 1. The van der Waals surface area contributed by atoms with Gasteiger partial charge in [0.05, 0.1) is 6.61 Å². The molecule has 7 heteroatoms. The van der Waals surface area contributed by atoms with E-state index >= 15 is 0 Å². The number of hydrogen-bond donors (Lipinski definition) is 2. The van der Waals surface area contributed by atoms with Gasteiger partial charge in [-0.3, -0.25) is 9.59 Å². The van der Waals surface area contributed by atoms with Gasteiger partial charge in [0.2, 0.25) is 5.91 Å². The van der Waals surface area contributed by atoms with Gasteiger partial charge in [-0.1, -0.05) is 12.1 Å². The molecule has 2 aromatic carbocycles. The first kappa shape index (κ1) is 17.9. The number of ether oxygens (including phenoxy) is 1. The first-order chi connectivity index (χ1) is 12.5. The highest BCUT2D eigenvalue weighted by Gasteiger charge is 2.32. The van der Waals surface area contributed by atoms with Crippen LogP contribution in [0, 0.1) is 5.82 Å². The van der Waals surface area contributed by atoms with Crippen molar-refractivity contribution in [2.75, 3.05) is 13.2 Å². The number of amides is 2. The topological polar surface area (TPSA) is 92.9 Å². The van der Waals surface area contributed by atoms with Crippen LogP contribution in [-0.2, 0) is 17.8 Å². The minimum absolute atomic E-state index is 0.285. The first-order valence-corrected chi connectivity index (χ1v) is 8.21. The molecule has 0 saturated heterocycles. The molecule has 136 valence electrons. The molecule has 1 aliphatic heterocycles. The third-order valence-electron chi connectivity index (χ3n) is 4.39. The van der Waals surface area contributed by atoms with Crippen LogP contribution in [0.4, 0.5) is 4.39 Å². The number of halogens is 1. The quantitative estimate of drug-likeness (QED) is 0.813. The van der Waals surface area contributed by atoms with Gasteiger partial charge >= 0.3 is 0 Å². The van der Waals surface area contributed by atoms with Gasteiger partial charge in [-0.15, -0.1) is 0 Å². The van der Waals surface area contributed by atoms with E-state index in [2.05, 4.69) is 0 Å². The molecule has 0 aromatic heterocycles. The number of aliphatic hydroxyl groups is 1. The molecule has 2 amide bonds. The second-order valence-electron chi connectivity index (χ2n) is 6.08. The molecule has 0 saturated carbocycles. The standard InChI is InChI=1S/C19H19FN2O4/c20-14-3-1-12(2-4-14)11-26-15-5-6-16-13(9-15)7-8-22(19(16)25)17(10-23)18(21)24/h1-6,9,17,23H,7-8,10-11H2,(H2,21,24)/t17-/m1/s1. The van der Waals surface area contributed by atoms with Gasteiger partial charge in [-0.25, -0.2) is 4.39 Å². The Hall–Kier alpha value is -2.93. The zero-order chi connectivity index (χ0) is 18.7. The predicted octanol–water partition coefficient (Wildman–Crippen LogP) is 1.25. The summed E-state index contributed by atoms with van der Waals surface area (Å²) in [5.74, 6) is -0.775. The van der Waals surface area contributed by atoms with E-state index in [1.807, 2.05) is 0 Å². The van der Waals surface area contributed by atoms with Crippen molar-refractivity contribution in [1.82, 2.24) is 4.90 Å². The summed E-state index contributed by atoms with van der Waals surface area (Å²) >= 11 is 0. The third kappa shape index (κ3) is 3.67. The molecular weight excluding hydrogens is 339 g/mol. The Morgan fingerprint density at radius 2 is 2.00 bits per heavy atom. The molecule has 0 unspecified atom stereocenters. The first-order valence-electron chi connectivity index (χ1n) is 8.21. The molecule has 1 heterocycles. The van der Waals surface area contributed by atoms with E-state index in [0.717, 1.165) is 11.1 Å². The number of primary amides is 1. The molecule has 0 radical (unpaired) electrons. The Balaban J connectivity index is 1.72. The molecule has 0 spiro atoms. The van der Waals surface area contributed by atoms with Crippen LogP contribution in [0.15, 0.2) is 42.5 Å². The molecule has 0 fully saturated rings. The van der Waals surface area contributed by atoms with Crippen molar-refractivity contribution in [2.45, 2.75) is 19.1 Å². The van der Waals surface area contributed by atoms with Crippen molar-refractivity contribution < 1.29 is 23.8 Å². The molecular formula is C19H19FN2O4. The normalized spacial score (nSPS) is 14.7. The Morgan fingerprint density at radius 1 is 1.27 bits per heavy atom. The van der Waals surface area contributed by atoms with Crippen molar-refractivity contribution in [1.29, 1.82) is 0 Å². The summed E-state index contributed by atoms with van der Waals surface area (Å²) in [7, 11) is 0. The zero-order valence-electron chi connectivity index (χ0n) is 14.0. The molecule has 2 aromatic rings. The second kappa shape index (κ2) is 7.53. The van der Waals surface area contributed by atoms with Crippen LogP contribution < -0.4 is 10.5 Å². The van der Waals surface area contributed by atoms with E-state index in [0.29, 0.717) is 24.3 Å². The molecule has 1 atom stereocenters. The number of nitrogens with zero attached hydrogens (tertiary/aromatic N) is 1. The fourth-order valence-corrected chi connectivity index (χ4v) is 2.96. The van der Waals surface area contributed by atoms with Gasteiger partial charge in [-0.2, -0.15) is 0 Å². The van der Waals surface area contributed by atoms with Crippen molar-refractivity contribution in [3.63, 3.8) is 0 Å². The van der Waals surface area contributed by atoms with E-state index < -0.39 is 18.6 Å². The lowest BCUT2D eigenvalue weighted by molar-refractivity contribution is -0.123. The Morgan fingerprint density at radius 3 is 2.65 bits per heavy atom. The second-order valence-corrected chi connectivity index (χ2v) is 6.08. The van der Waals surface area contributed by atoms with Gasteiger partial charge in [0.1, 0.15) is 24.2 Å². The van der Waals surface area contributed by atoms with Gasteiger partial charge in [0.15, 0.2) is 0 Å². The van der Waals surface area contributed by atoms with E-state index in [1.54, 1.807) is 30.3 Å². The van der Waals surface area contributed by atoms with E-state index in [1.165, 1.54) is 17.0 Å². The van der Waals surface area contributed by atoms with Gasteiger partial charge in [0, 0.05) is 12.1 Å². The predicted molar refractivity (Wildman–Crippen MR) is 92.0 cm³/mol. The van der Waals surface area contributed by atoms with E-state index in [9.17, 15) is 19.1 Å². The van der Waals surface area contributed by atoms with Crippen LogP contribution in [0.2, 0.25) is 0 Å². The van der Waals surface area contributed by atoms with Gasteiger partial charge in [-0.05, 0) is 47.9 Å². The fraction of sp³-hybridized carbons (Fsp3) is 0.263. The minimum Gasteiger partial charge on any atom is -0.489 e. The molecule has 3 N–H and O–H groups in total. The lowest BCUT2D eigenvalue weighted by atomic mass is 9.97. The number of nitrogens with two attached hydrogens (primary N) is 1. The molecule has 0 bridgehead atoms. The monoisotopic (exact) mass is 358 g/mol. The fourth-order valence-electron chi connectivity index (χ4n) is 2.96. The lowest BCUT2D eigenvalue weighted by Gasteiger charge is -2.33. The highest BCUT2D eigenvalue weighted by atomic mass is 19.1. The van der Waals surface area contributed by atoms with E-state index in [4.69, 9.17) is 10.5 Å². The van der Waals surface area contributed by atoms with Crippen LogP contribution >= 0.6 is 0 Å². The number of hydrogen-bond acceptors (Lipinski definition) is 4. The number of carbonyl (C=O) groups excluding carboxylic acids is 2. The maximum Gasteiger partial charge on any atom is 0.254 e. The zero-order valence-corrected chi connectivity index (χ0v) is 14.0. The largest absolute Gasteiger partial charge is 0.489 e. The molecule has 1 aliphatic rings. The highest BCUT2D eigenvalue weighted by Crippen LogP contribution is 2.25. The van der Waals surface area contributed by atoms with Crippen LogP contribution in [0.5, 0.6) is 5.75 Å². The van der Waals surface area contributed by atoms with Crippen LogP contribution in [-0.4, -0.2) is 41.0 Å². The Kier molecular flexibility index (Phi) is 5.18. The Labute approximate surface area is 150 Å². The summed E-state index contributed by atoms with van der Waals surface area (Å²) in [6.07, 6.45) is 0.526. The molecule has 26 heavy (non-hydrogen) atoms. The summed E-state index contributed by atoms with van der Waals surface area (Å²) in [6.45, 7) is 0.0735. The number of benzene rings is 2. The van der Waals surface area contributed by atoms with Crippen molar-refractivity contribution >= 4 is 11.8 Å². The van der Waals surface area contributed by atoms with Gasteiger partial charge in [0.25, 0.3) is 5.91 Å².